The van der Waals surface area contributed by atoms with Gasteiger partial charge in [-0.2, -0.15) is 15.8 Å². The number of pyridine rings is 3. The minimum Gasteiger partial charge on any atom is -0.256 e. The molecule has 10 aromatic rings. The number of benzene rings is 7. The first kappa shape index (κ1) is 51.9. The van der Waals surface area contributed by atoms with Crippen LogP contribution in [0.4, 0.5) is 0 Å². The zero-order valence-electron chi connectivity index (χ0n) is 45.1. The van der Waals surface area contributed by atoms with E-state index in [0.717, 1.165) is 98.4 Å². The van der Waals surface area contributed by atoms with Gasteiger partial charge in [-0.05, 0) is 169 Å². The van der Waals surface area contributed by atoms with Gasteiger partial charge in [0, 0.05) is 35.3 Å². The topological polar surface area (TPSA) is 110 Å². The van der Waals surface area contributed by atoms with Gasteiger partial charge in [-0.15, -0.1) is 0 Å². The molecular formula is C72H60N6. The number of aromatic nitrogens is 3. The Balaban J connectivity index is 1.01. The molecule has 0 saturated carbocycles. The molecule has 6 heteroatoms. The third kappa shape index (κ3) is 11.6. The second kappa shape index (κ2) is 22.4. The monoisotopic (exact) mass is 1010 g/mol. The van der Waals surface area contributed by atoms with Gasteiger partial charge in [0.15, 0.2) is 0 Å². The van der Waals surface area contributed by atoms with E-state index >= 15 is 0 Å². The molecule has 0 aliphatic heterocycles. The van der Waals surface area contributed by atoms with E-state index in [1.165, 1.54) is 33.4 Å². The molecule has 378 valence electrons. The third-order valence-corrected chi connectivity index (χ3v) is 14.7. The van der Waals surface area contributed by atoms with Crippen LogP contribution in [0.1, 0.15) is 91.6 Å². The van der Waals surface area contributed by atoms with Crippen LogP contribution in [0.25, 0.3) is 78.3 Å². The molecular weight excluding hydrogens is 949 g/mol. The van der Waals surface area contributed by atoms with Crippen molar-refractivity contribution in [3.05, 3.63) is 257 Å². The van der Waals surface area contributed by atoms with Gasteiger partial charge in [-0.25, -0.2) is 0 Å². The smallest absolute Gasteiger partial charge is 0.102 e. The van der Waals surface area contributed by atoms with Crippen LogP contribution in [-0.4, -0.2) is 15.0 Å². The van der Waals surface area contributed by atoms with Crippen LogP contribution in [0.2, 0.25) is 0 Å². The Bertz CT molecular complexity index is 3770. The number of nitrogens with zero attached hydrogens (tertiary/aromatic N) is 6. The largest absolute Gasteiger partial charge is 0.256 e. The molecule has 7 aromatic carbocycles. The Kier molecular flexibility index (Phi) is 14.9. The second-order valence-electron chi connectivity index (χ2n) is 22.2. The number of aryl methyl sites for hydroxylation is 4. The van der Waals surface area contributed by atoms with Crippen LogP contribution in [0, 0.1) is 34.0 Å². The normalized spacial score (nSPS) is 11.4. The van der Waals surface area contributed by atoms with Crippen molar-refractivity contribution >= 4 is 0 Å². The molecule has 0 aliphatic rings. The summed E-state index contributed by atoms with van der Waals surface area (Å²) in [6.07, 6.45) is 9.18. The van der Waals surface area contributed by atoms with Gasteiger partial charge >= 0.3 is 0 Å². The maximum absolute atomic E-state index is 9.89. The molecule has 0 fully saturated rings. The predicted molar refractivity (Wildman–Crippen MR) is 317 cm³/mol. The van der Waals surface area contributed by atoms with E-state index in [9.17, 15) is 15.8 Å². The van der Waals surface area contributed by atoms with Crippen LogP contribution in [-0.2, 0) is 36.5 Å². The highest BCUT2D eigenvalue weighted by atomic mass is 14.7. The SMILES string of the molecule is CC(C)(C)c1ccnc(-c2ccc(CCc3cc(CCc4ccc(-c5cc(C(C)(C)C)ccn5)cc4)cc(-c4ccccc4-c4ccc(-c5ccccn5)cc4-c4ccc(-c5cc(C#N)c(C#N)c(C#N)c5)cc4)c3)cc2)c1. The lowest BCUT2D eigenvalue weighted by molar-refractivity contribution is 0.589. The molecule has 0 saturated heterocycles. The fraction of sp³-hybridized carbons (Fsp3) is 0.167. The summed E-state index contributed by atoms with van der Waals surface area (Å²) in [5.74, 6) is 0. The lowest BCUT2D eigenvalue weighted by atomic mass is 9.86. The van der Waals surface area contributed by atoms with Crippen molar-refractivity contribution in [2.75, 3.05) is 0 Å². The first-order valence-electron chi connectivity index (χ1n) is 26.6. The predicted octanol–water partition coefficient (Wildman–Crippen LogP) is 17.3. The quantitative estimate of drug-likeness (QED) is 0.114. The lowest BCUT2D eigenvalue weighted by Gasteiger charge is -2.19. The van der Waals surface area contributed by atoms with E-state index in [1.54, 1.807) is 12.1 Å². The summed E-state index contributed by atoms with van der Waals surface area (Å²) in [6.45, 7) is 13.4. The zero-order valence-corrected chi connectivity index (χ0v) is 45.1. The van der Waals surface area contributed by atoms with E-state index in [-0.39, 0.29) is 27.5 Å². The Morgan fingerprint density at radius 2 is 0.782 bits per heavy atom. The molecule has 0 bridgehead atoms. The molecule has 0 N–H and O–H groups in total. The average molecular weight is 1010 g/mol. The second-order valence-corrected chi connectivity index (χ2v) is 22.2. The third-order valence-electron chi connectivity index (χ3n) is 14.7. The van der Waals surface area contributed by atoms with Crippen molar-refractivity contribution in [2.24, 2.45) is 0 Å². The van der Waals surface area contributed by atoms with E-state index in [4.69, 9.17) is 15.0 Å². The Hall–Kier alpha value is -9.54. The minimum atomic E-state index is 0.0399. The van der Waals surface area contributed by atoms with Gasteiger partial charge < -0.3 is 0 Å². The fourth-order valence-electron chi connectivity index (χ4n) is 10.2. The molecule has 0 spiro atoms. The molecule has 6 nitrogen and oxygen atoms in total. The van der Waals surface area contributed by atoms with Gasteiger partial charge in [-0.1, -0.05) is 175 Å². The van der Waals surface area contributed by atoms with Crippen LogP contribution in [0.5, 0.6) is 0 Å². The van der Waals surface area contributed by atoms with Gasteiger partial charge in [0.2, 0.25) is 0 Å². The molecule has 0 atom stereocenters. The Morgan fingerprint density at radius 3 is 1.28 bits per heavy atom. The maximum Gasteiger partial charge on any atom is 0.102 e. The van der Waals surface area contributed by atoms with Crippen molar-refractivity contribution in [3.63, 3.8) is 0 Å². The summed E-state index contributed by atoms with van der Waals surface area (Å²) in [7, 11) is 0. The molecule has 0 unspecified atom stereocenters. The van der Waals surface area contributed by atoms with Crippen LogP contribution < -0.4 is 0 Å². The van der Waals surface area contributed by atoms with E-state index in [0.29, 0.717) is 5.56 Å². The highest BCUT2D eigenvalue weighted by Gasteiger charge is 2.19. The number of hydrogen-bond acceptors (Lipinski definition) is 6. The first-order chi connectivity index (χ1) is 37.7. The Morgan fingerprint density at radius 1 is 0.321 bits per heavy atom. The number of nitriles is 3. The summed E-state index contributed by atoms with van der Waals surface area (Å²) in [5.41, 5.74) is 22.3. The fourth-order valence-corrected chi connectivity index (χ4v) is 10.2. The van der Waals surface area contributed by atoms with E-state index in [1.807, 2.05) is 55.0 Å². The lowest BCUT2D eigenvalue weighted by Crippen LogP contribution is -2.11. The Labute approximate surface area is 459 Å². The molecule has 10 rings (SSSR count). The van der Waals surface area contributed by atoms with Gasteiger partial charge in [0.1, 0.15) is 18.2 Å². The van der Waals surface area contributed by atoms with Crippen LogP contribution in [0.3, 0.4) is 0 Å². The van der Waals surface area contributed by atoms with Gasteiger partial charge in [0.25, 0.3) is 0 Å². The van der Waals surface area contributed by atoms with Crippen molar-refractivity contribution in [2.45, 2.75) is 78.1 Å². The average Bonchev–Trinajstić information content (AvgIpc) is 3.55. The summed E-state index contributed by atoms with van der Waals surface area (Å²) in [6, 6.07) is 72.7. The maximum atomic E-state index is 9.89. The van der Waals surface area contributed by atoms with Gasteiger partial charge in [0.05, 0.1) is 33.8 Å². The van der Waals surface area contributed by atoms with Gasteiger partial charge in [-0.3, -0.25) is 15.0 Å². The van der Waals surface area contributed by atoms with Crippen LogP contribution >= 0.6 is 0 Å². The van der Waals surface area contributed by atoms with E-state index < -0.39 is 0 Å². The summed E-state index contributed by atoms with van der Waals surface area (Å²) >= 11 is 0. The first-order valence-corrected chi connectivity index (χ1v) is 26.6. The van der Waals surface area contributed by atoms with Crippen molar-refractivity contribution < 1.29 is 0 Å². The zero-order chi connectivity index (χ0) is 54.4. The molecule has 0 radical (unpaired) electrons. The summed E-state index contributed by atoms with van der Waals surface area (Å²) < 4.78 is 0. The number of hydrogen-bond donors (Lipinski definition) is 0. The molecule has 0 aliphatic carbocycles. The minimum absolute atomic E-state index is 0.0399. The molecule has 78 heavy (non-hydrogen) atoms. The standard InChI is InChI=1S/C72H60N6/c1-71(2,3)61-32-35-77-69(43-61)54-22-18-48(19-23-54)14-16-50-37-51(17-15-49-20-24-55(25-21-49)70-44-62(33-36-78-70)72(4,5)6)39-58(38-50)63-11-7-8-12-64(63)65-31-30-56(68-13-9-10-34-76-68)42-66(65)53-28-26-52(27-29-53)57-40-59(45-73)67(47-75)60(41-57)46-74/h7-13,18-44H,14-17H2,1-6H3. The highest BCUT2D eigenvalue weighted by Crippen LogP contribution is 2.42. The van der Waals surface area contributed by atoms with Crippen molar-refractivity contribution in [1.29, 1.82) is 15.8 Å². The van der Waals surface area contributed by atoms with E-state index in [2.05, 4.69) is 199 Å². The van der Waals surface area contributed by atoms with Crippen molar-refractivity contribution in [3.8, 4) is 96.5 Å². The highest BCUT2D eigenvalue weighted by molar-refractivity contribution is 5.94. The summed E-state index contributed by atoms with van der Waals surface area (Å²) in [4.78, 5) is 14.2. The molecule has 0 amide bonds. The number of rotatable bonds is 13. The molecule has 3 aromatic heterocycles. The van der Waals surface area contributed by atoms with Crippen molar-refractivity contribution in [1.82, 2.24) is 15.0 Å². The summed E-state index contributed by atoms with van der Waals surface area (Å²) in [5, 5.41) is 29.5. The molecule has 3 heterocycles. The van der Waals surface area contributed by atoms with Crippen LogP contribution in [0.15, 0.2) is 207 Å².